The van der Waals surface area contributed by atoms with Crippen molar-refractivity contribution in [3.05, 3.63) is 65.0 Å². The molecule has 0 aliphatic rings. The highest BCUT2D eigenvalue weighted by Crippen LogP contribution is 2.20. The molecule has 0 aliphatic carbocycles. The van der Waals surface area contributed by atoms with Gasteiger partial charge in [-0.3, -0.25) is 0 Å². The molecule has 0 aliphatic heterocycles. The molecule has 0 fully saturated rings. The number of halogens is 1. The highest BCUT2D eigenvalue weighted by molar-refractivity contribution is 7.89. The number of benzene rings is 2. The SMILES string of the molecule is CNS(=O)(=O)c1cccc(C(=O)OCc2nc(-c3cccc(Cl)c3)no2)c1. The van der Waals surface area contributed by atoms with Crippen molar-refractivity contribution < 1.29 is 22.5 Å². The van der Waals surface area contributed by atoms with Crippen molar-refractivity contribution in [1.29, 1.82) is 0 Å². The van der Waals surface area contributed by atoms with Gasteiger partial charge in [-0.15, -0.1) is 0 Å². The Morgan fingerprint density at radius 2 is 2.00 bits per heavy atom. The van der Waals surface area contributed by atoms with Gasteiger partial charge in [-0.2, -0.15) is 4.98 Å². The van der Waals surface area contributed by atoms with Crippen LogP contribution in [-0.4, -0.2) is 31.6 Å². The molecule has 0 unspecified atom stereocenters. The summed E-state index contributed by atoms with van der Waals surface area (Å²) in [5, 5.41) is 4.34. The van der Waals surface area contributed by atoms with Crippen molar-refractivity contribution in [2.24, 2.45) is 0 Å². The number of hydrogen-bond acceptors (Lipinski definition) is 7. The first kappa shape index (κ1) is 19.0. The molecule has 1 N–H and O–H groups in total. The van der Waals surface area contributed by atoms with Crippen molar-refractivity contribution in [2.45, 2.75) is 11.5 Å². The van der Waals surface area contributed by atoms with E-state index in [0.29, 0.717) is 16.4 Å². The Balaban J connectivity index is 1.69. The zero-order valence-electron chi connectivity index (χ0n) is 14.0. The summed E-state index contributed by atoms with van der Waals surface area (Å²) in [4.78, 5) is 16.3. The second-order valence-corrected chi connectivity index (χ2v) is 7.66. The maximum atomic E-state index is 12.2. The molecule has 10 heteroatoms. The molecule has 8 nitrogen and oxygen atoms in total. The van der Waals surface area contributed by atoms with E-state index in [4.69, 9.17) is 20.9 Å². The minimum absolute atomic E-state index is 0.0412. The van der Waals surface area contributed by atoms with E-state index in [1.807, 2.05) is 0 Å². The molecular weight excluding hydrogens is 394 g/mol. The number of carbonyl (C=O) groups is 1. The van der Waals surface area contributed by atoms with Crippen LogP contribution in [0.5, 0.6) is 0 Å². The van der Waals surface area contributed by atoms with E-state index in [0.717, 1.165) is 0 Å². The zero-order valence-corrected chi connectivity index (χ0v) is 15.6. The number of sulfonamides is 1. The highest BCUT2D eigenvalue weighted by atomic mass is 35.5. The summed E-state index contributed by atoms with van der Waals surface area (Å²) in [6.45, 7) is -0.255. The van der Waals surface area contributed by atoms with Gasteiger partial charge in [-0.05, 0) is 37.4 Å². The van der Waals surface area contributed by atoms with Crippen molar-refractivity contribution in [3.8, 4) is 11.4 Å². The molecule has 0 atom stereocenters. The van der Waals surface area contributed by atoms with Gasteiger partial charge in [0.05, 0.1) is 10.5 Å². The van der Waals surface area contributed by atoms with Gasteiger partial charge in [-0.1, -0.05) is 35.0 Å². The van der Waals surface area contributed by atoms with Crippen molar-refractivity contribution in [1.82, 2.24) is 14.9 Å². The van der Waals surface area contributed by atoms with E-state index in [-0.39, 0.29) is 23.0 Å². The fourth-order valence-corrected chi connectivity index (χ4v) is 3.14. The van der Waals surface area contributed by atoms with Gasteiger partial charge in [0.2, 0.25) is 15.8 Å². The first-order valence-electron chi connectivity index (χ1n) is 7.68. The van der Waals surface area contributed by atoms with Crippen LogP contribution in [0.3, 0.4) is 0 Å². The Morgan fingerprint density at radius 3 is 2.74 bits per heavy atom. The lowest BCUT2D eigenvalue weighted by atomic mass is 10.2. The lowest BCUT2D eigenvalue weighted by Gasteiger charge is -2.05. The molecule has 140 valence electrons. The van der Waals surface area contributed by atoms with E-state index in [9.17, 15) is 13.2 Å². The largest absolute Gasteiger partial charge is 0.452 e. The van der Waals surface area contributed by atoms with Crippen LogP contribution in [0.15, 0.2) is 57.9 Å². The minimum Gasteiger partial charge on any atom is -0.452 e. The Labute approximate surface area is 160 Å². The fraction of sp³-hybridized carbons (Fsp3) is 0.118. The normalized spacial score (nSPS) is 11.3. The predicted octanol–water partition coefficient (Wildman–Crippen LogP) is 2.66. The standard InChI is InChI=1S/C17H14ClN3O5S/c1-19-27(23,24)14-7-3-5-12(9-14)17(22)25-10-15-20-16(21-26-15)11-4-2-6-13(18)8-11/h2-9,19H,10H2,1H3. The maximum absolute atomic E-state index is 12.2. The first-order chi connectivity index (χ1) is 12.9. The van der Waals surface area contributed by atoms with Crippen molar-refractivity contribution >= 4 is 27.6 Å². The van der Waals surface area contributed by atoms with Crippen molar-refractivity contribution in [2.75, 3.05) is 7.05 Å². The van der Waals surface area contributed by atoms with Crippen molar-refractivity contribution in [3.63, 3.8) is 0 Å². The molecule has 1 heterocycles. The number of aromatic nitrogens is 2. The molecular formula is C17H14ClN3O5S. The summed E-state index contributed by atoms with van der Waals surface area (Å²) in [5.41, 5.74) is 0.745. The molecule has 27 heavy (non-hydrogen) atoms. The first-order valence-corrected chi connectivity index (χ1v) is 9.54. The van der Waals surface area contributed by atoms with E-state index >= 15 is 0 Å². The van der Waals surface area contributed by atoms with Gasteiger partial charge < -0.3 is 9.26 Å². The van der Waals surface area contributed by atoms with Crippen LogP contribution in [0.25, 0.3) is 11.4 Å². The maximum Gasteiger partial charge on any atom is 0.338 e. The average molecular weight is 408 g/mol. The van der Waals surface area contributed by atoms with Gasteiger partial charge in [0.15, 0.2) is 6.61 Å². The second kappa shape index (κ2) is 7.87. The van der Waals surface area contributed by atoms with Gasteiger partial charge >= 0.3 is 5.97 Å². The number of ether oxygens (including phenoxy) is 1. The third kappa shape index (κ3) is 4.51. The summed E-state index contributed by atoms with van der Waals surface area (Å²) >= 11 is 5.92. The number of nitrogens with one attached hydrogen (secondary N) is 1. The van der Waals surface area contributed by atoms with Crippen LogP contribution in [0.2, 0.25) is 5.02 Å². The lowest BCUT2D eigenvalue weighted by molar-refractivity contribution is 0.0429. The summed E-state index contributed by atoms with van der Waals surface area (Å²) in [6, 6.07) is 12.4. The third-order valence-electron chi connectivity index (χ3n) is 3.53. The van der Waals surface area contributed by atoms with Crippen LogP contribution < -0.4 is 4.72 Å². The van der Waals surface area contributed by atoms with Gasteiger partial charge in [-0.25, -0.2) is 17.9 Å². The van der Waals surface area contributed by atoms with E-state index in [1.165, 1.54) is 31.3 Å². The van der Waals surface area contributed by atoms with Crippen LogP contribution >= 0.6 is 11.6 Å². The van der Waals surface area contributed by atoms with Gasteiger partial charge in [0.25, 0.3) is 5.89 Å². The molecule has 3 aromatic rings. The number of esters is 1. The highest BCUT2D eigenvalue weighted by Gasteiger charge is 2.16. The molecule has 0 saturated carbocycles. The fourth-order valence-electron chi connectivity index (χ4n) is 2.18. The van der Waals surface area contributed by atoms with E-state index in [2.05, 4.69) is 14.9 Å². The molecule has 0 spiro atoms. The second-order valence-electron chi connectivity index (χ2n) is 5.33. The molecule has 2 aromatic carbocycles. The van der Waals surface area contributed by atoms with Gasteiger partial charge in [0, 0.05) is 10.6 Å². The third-order valence-corrected chi connectivity index (χ3v) is 5.17. The minimum atomic E-state index is -3.66. The van der Waals surface area contributed by atoms with E-state index < -0.39 is 16.0 Å². The van der Waals surface area contributed by atoms with Crippen LogP contribution in [0, 0.1) is 0 Å². The average Bonchev–Trinajstić information content (AvgIpc) is 3.15. The van der Waals surface area contributed by atoms with Crippen LogP contribution in [0.1, 0.15) is 16.2 Å². The lowest BCUT2D eigenvalue weighted by Crippen LogP contribution is -2.19. The topological polar surface area (TPSA) is 111 Å². The molecule has 0 saturated heterocycles. The number of carbonyl (C=O) groups excluding carboxylic acids is 1. The molecule has 1 aromatic heterocycles. The number of nitrogens with zero attached hydrogens (tertiary/aromatic N) is 2. The quantitative estimate of drug-likeness (QED) is 0.625. The Hall–Kier alpha value is -2.75. The molecule has 3 rings (SSSR count). The predicted molar refractivity (Wildman–Crippen MR) is 96.6 cm³/mol. The summed E-state index contributed by atoms with van der Waals surface area (Å²) < 4.78 is 36.0. The molecule has 0 amide bonds. The smallest absolute Gasteiger partial charge is 0.338 e. The molecule has 0 radical (unpaired) electrons. The monoisotopic (exact) mass is 407 g/mol. The van der Waals surface area contributed by atoms with Gasteiger partial charge in [0.1, 0.15) is 0 Å². The van der Waals surface area contributed by atoms with Crippen LogP contribution in [0.4, 0.5) is 0 Å². The summed E-state index contributed by atoms with van der Waals surface area (Å²) in [6.07, 6.45) is 0. The van der Waals surface area contributed by atoms with Crippen LogP contribution in [-0.2, 0) is 21.4 Å². The summed E-state index contributed by atoms with van der Waals surface area (Å²) in [7, 11) is -2.38. The number of rotatable bonds is 6. The van der Waals surface area contributed by atoms with E-state index in [1.54, 1.807) is 24.3 Å². The Morgan fingerprint density at radius 1 is 1.22 bits per heavy atom. The molecule has 0 bridgehead atoms. The zero-order chi connectivity index (χ0) is 19.4. The summed E-state index contributed by atoms with van der Waals surface area (Å²) in [5.74, 6) is -0.311. The Kier molecular flexibility index (Phi) is 5.54. The Bertz CT molecular complexity index is 1080. The number of hydrogen-bond donors (Lipinski definition) is 1.